The molecule has 0 aliphatic carbocycles. The van der Waals surface area contributed by atoms with E-state index in [2.05, 4.69) is 4.98 Å². The molecule has 1 aromatic carbocycles. The molecule has 0 saturated heterocycles. The van der Waals surface area contributed by atoms with Crippen molar-refractivity contribution in [1.29, 1.82) is 0 Å². The van der Waals surface area contributed by atoms with E-state index in [0.717, 1.165) is 0 Å². The number of alkyl halides is 1. The summed E-state index contributed by atoms with van der Waals surface area (Å²) in [5.74, 6) is -2.43. The molecule has 0 N–H and O–H groups in total. The van der Waals surface area contributed by atoms with Crippen LogP contribution in [0.2, 0.25) is 0 Å². The summed E-state index contributed by atoms with van der Waals surface area (Å²) in [5.41, 5.74) is -0.802. The van der Waals surface area contributed by atoms with Crippen molar-refractivity contribution in [2.24, 2.45) is 0 Å². The van der Waals surface area contributed by atoms with Crippen molar-refractivity contribution in [2.75, 3.05) is 0 Å². The fourth-order valence-corrected chi connectivity index (χ4v) is 1.58. The summed E-state index contributed by atoms with van der Waals surface area (Å²) in [5, 5.41) is 10.3. The van der Waals surface area contributed by atoms with E-state index in [1.807, 2.05) is 0 Å². The lowest BCUT2D eigenvalue weighted by molar-refractivity contribution is -0.384. The van der Waals surface area contributed by atoms with Gasteiger partial charge in [-0.2, -0.15) is 0 Å². The predicted octanol–water partition coefficient (Wildman–Crippen LogP) is 3.83. The van der Waals surface area contributed by atoms with Crippen molar-refractivity contribution < 1.29 is 18.1 Å². The summed E-state index contributed by atoms with van der Waals surface area (Å²) in [6.07, 6.45) is 1.17. The van der Waals surface area contributed by atoms with Crippen molar-refractivity contribution in [1.82, 2.24) is 4.98 Å². The Balaban J connectivity index is 2.59. The van der Waals surface area contributed by atoms with Crippen LogP contribution in [0.5, 0.6) is 0 Å². The molecule has 0 saturated carbocycles. The third-order valence-electron chi connectivity index (χ3n) is 2.36. The average Bonchev–Trinajstić information content (AvgIpc) is 2.81. The zero-order chi connectivity index (χ0) is 14.2. The van der Waals surface area contributed by atoms with Gasteiger partial charge in [-0.15, -0.1) is 11.6 Å². The first-order valence-electron chi connectivity index (χ1n) is 5.13. The number of rotatable bonds is 3. The standard InChI is InChI=1S/C11H7ClF2N2O3/c1-5(12)11-15-4-10(19-11)6-2-7(13)8(14)3-9(6)16(17)18/h2-5H,1H3. The molecule has 19 heavy (non-hydrogen) atoms. The lowest BCUT2D eigenvalue weighted by atomic mass is 10.1. The molecule has 0 radical (unpaired) electrons. The fourth-order valence-electron chi connectivity index (χ4n) is 1.48. The smallest absolute Gasteiger partial charge is 0.283 e. The molecule has 0 spiro atoms. The Bertz CT molecular complexity index is 643. The van der Waals surface area contributed by atoms with E-state index in [1.165, 1.54) is 6.20 Å². The highest BCUT2D eigenvalue weighted by molar-refractivity contribution is 6.20. The maximum absolute atomic E-state index is 13.2. The highest BCUT2D eigenvalue weighted by Crippen LogP contribution is 2.33. The normalized spacial score (nSPS) is 12.4. The van der Waals surface area contributed by atoms with Gasteiger partial charge in [-0.3, -0.25) is 10.1 Å². The molecule has 2 aromatic rings. The summed E-state index contributed by atoms with van der Waals surface area (Å²) in [6, 6.07) is 1.19. The van der Waals surface area contributed by atoms with E-state index in [0.29, 0.717) is 12.1 Å². The fraction of sp³-hybridized carbons (Fsp3) is 0.182. The van der Waals surface area contributed by atoms with E-state index < -0.39 is 27.6 Å². The van der Waals surface area contributed by atoms with Crippen molar-refractivity contribution in [3.8, 4) is 11.3 Å². The summed E-state index contributed by atoms with van der Waals surface area (Å²) in [4.78, 5) is 13.8. The van der Waals surface area contributed by atoms with Gasteiger partial charge in [-0.25, -0.2) is 13.8 Å². The molecule has 1 atom stereocenters. The average molecular weight is 289 g/mol. The monoisotopic (exact) mass is 288 g/mol. The lowest BCUT2D eigenvalue weighted by Crippen LogP contribution is -1.95. The number of oxazole rings is 1. The number of hydrogen-bond acceptors (Lipinski definition) is 4. The van der Waals surface area contributed by atoms with Gasteiger partial charge in [0.25, 0.3) is 5.69 Å². The third kappa shape index (κ3) is 2.55. The van der Waals surface area contributed by atoms with Crippen molar-refractivity contribution in [3.63, 3.8) is 0 Å². The van der Waals surface area contributed by atoms with Crippen LogP contribution in [0.1, 0.15) is 18.2 Å². The van der Waals surface area contributed by atoms with Crippen LogP contribution in [0, 0.1) is 21.7 Å². The number of benzene rings is 1. The quantitative estimate of drug-likeness (QED) is 0.489. The molecule has 1 unspecified atom stereocenters. The summed E-state index contributed by atoms with van der Waals surface area (Å²) in [6.45, 7) is 1.59. The molecule has 0 aliphatic rings. The zero-order valence-electron chi connectivity index (χ0n) is 9.56. The molecule has 8 heteroatoms. The second-order valence-electron chi connectivity index (χ2n) is 3.72. The van der Waals surface area contributed by atoms with E-state index in [-0.39, 0.29) is 17.2 Å². The van der Waals surface area contributed by atoms with Crippen molar-refractivity contribution in [3.05, 3.63) is 46.0 Å². The molecule has 0 bridgehead atoms. The van der Waals surface area contributed by atoms with Crippen LogP contribution in [0.15, 0.2) is 22.7 Å². The van der Waals surface area contributed by atoms with Gasteiger partial charge < -0.3 is 4.42 Å². The number of aromatic nitrogens is 1. The van der Waals surface area contributed by atoms with Crippen LogP contribution in [0.3, 0.4) is 0 Å². The number of halogens is 3. The van der Waals surface area contributed by atoms with E-state index in [9.17, 15) is 18.9 Å². The SMILES string of the molecule is CC(Cl)c1ncc(-c2cc(F)c(F)cc2[N+](=O)[O-])o1. The molecular weight excluding hydrogens is 282 g/mol. The molecule has 0 aliphatic heterocycles. The molecule has 0 amide bonds. The maximum Gasteiger partial charge on any atom is 0.283 e. The molecule has 5 nitrogen and oxygen atoms in total. The minimum atomic E-state index is -1.30. The second kappa shape index (κ2) is 4.93. The first kappa shape index (κ1) is 13.4. The second-order valence-corrected chi connectivity index (χ2v) is 4.37. The molecular formula is C11H7ClF2N2O3. The van der Waals surface area contributed by atoms with Gasteiger partial charge in [0, 0.05) is 0 Å². The minimum absolute atomic E-state index is 0.0481. The number of nitro benzene ring substituents is 1. The predicted molar refractivity (Wildman–Crippen MR) is 62.8 cm³/mol. The van der Waals surface area contributed by atoms with Gasteiger partial charge in [-0.1, -0.05) is 0 Å². The Morgan fingerprint density at radius 1 is 1.42 bits per heavy atom. The van der Waals surface area contributed by atoms with E-state index >= 15 is 0 Å². The Kier molecular flexibility index (Phi) is 3.48. The highest BCUT2D eigenvalue weighted by Gasteiger charge is 2.23. The van der Waals surface area contributed by atoms with Crippen LogP contribution >= 0.6 is 11.6 Å². The Hall–Kier alpha value is -2.02. The van der Waals surface area contributed by atoms with Gasteiger partial charge >= 0.3 is 0 Å². The first-order chi connectivity index (χ1) is 8.90. The van der Waals surface area contributed by atoms with Gasteiger partial charge in [0.1, 0.15) is 5.38 Å². The molecule has 2 rings (SSSR count). The Morgan fingerprint density at radius 3 is 2.58 bits per heavy atom. The number of nitro groups is 1. The van der Waals surface area contributed by atoms with Crippen LogP contribution in [0.4, 0.5) is 14.5 Å². The highest BCUT2D eigenvalue weighted by atomic mass is 35.5. The summed E-state index contributed by atoms with van der Waals surface area (Å²) >= 11 is 5.74. The van der Waals surface area contributed by atoms with Gasteiger partial charge in [-0.05, 0) is 13.0 Å². The number of nitrogens with zero attached hydrogens (tertiary/aromatic N) is 2. The molecule has 1 aromatic heterocycles. The van der Waals surface area contributed by atoms with Gasteiger partial charge in [0.15, 0.2) is 17.4 Å². The van der Waals surface area contributed by atoms with Crippen LogP contribution in [0.25, 0.3) is 11.3 Å². The largest absolute Gasteiger partial charge is 0.439 e. The molecule has 1 heterocycles. The van der Waals surface area contributed by atoms with Gasteiger partial charge in [0.05, 0.1) is 22.7 Å². The van der Waals surface area contributed by atoms with Crippen LogP contribution in [-0.4, -0.2) is 9.91 Å². The number of hydrogen-bond donors (Lipinski definition) is 0. The topological polar surface area (TPSA) is 69.2 Å². The summed E-state index contributed by atoms with van der Waals surface area (Å²) in [7, 11) is 0. The Labute approximate surface area is 111 Å². The van der Waals surface area contributed by atoms with Crippen molar-refractivity contribution >= 4 is 17.3 Å². The van der Waals surface area contributed by atoms with E-state index in [4.69, 9.17) is 16.0 Å². The maximum atomic E-state index is 13.2. The first-order valence-corrected chi connectivity index (χ1v) is 5.57. The van der Waals surface area contributed by atoms with Gasteiger partial charge in [0.2, 0.25) is 5.89 Å². The summed E-state index contributed by atoms with van der Waals surface area (Å²) < 4.78 is 31.4. The molecule has 100 valence electrons. The Morgan fingerprint density at radius 2 is 2.05 bits per heavy atom. The van der Waals surface area contributed by atoms with E-state index in [1.54, 1.807) is 6.92 Å². The zero-order valence-corrected chi connectivity index (χ0v) is 10.3. The van der Waals surface area contributed by atoms with Crippen LogP contribution < -0.4 is 0 Å². The minimum Gasteiger partial charge on any atom is -0.439 e. The molecule has 0 fully saturated rings. The lowest BCUT2D eigenvalue weighted by Gasteiger charge is -2.01. The third-order valence-corrected chi connectivity index (χ3v) is 2.55. The van der Waals surface area contributed by atoms with Crippen LogP contribution in [-0.2, 0) is 0 Å². The van der Waals surface area contributed by atoms with Crippen molar-refractivity contribution in [2.45, 2.75) is 12.3 Å².